The summed E-state index contributed by atoms with van der Waals surface area (Å²) in [5.74, 6) is 0. The van der Waals surface area contributed by atoms with Crippen molar-refractivity contribution >= 4 is 23.2 Å². The SMILES string of the molecule is CBCCOCCBr. The predicted molar refractivity (Wildman–Crippen MR) is 42.4 cm³/mol. The van der Waals surface area contributed by atoms with E-state index in [4.69, 9.17) is 4.74 Å². The van der Waals surface area contributed by atoms with E-state index in [2.05, 4.69) is 22.8 Å². The lowest BCUT2D eigenvalue weighted by Crippen LogP contribution is -1.98. The van der Waals surface area contributed by atoms with Crippen molar-refractivity contribution in [1.82, 2.24) is 0 Å². The molecule has 0 bridgehead atoms. The van der Waals surface area contributed by atoms with Gasteiger partial charge in [-0.1, -0.05) is 29.1 Å². The lowest BCUT2D eigenvalue weighted by molar-refractivity contribution is 0.165. The fourth-order valence-corrected chi connectivity index (χ4v) is 0.632. The maximum atomic E-state index is 5.18. The van der Waals surface area contributed by atoms with Crippen LogP contribution in [0.5, 0.6) is 0 Å². The van der Waals surface area contributed by atoms with Crippen LogP contribution >= 0.6 is 15.9 Å². The first-order valence-electron chi connectivity index (χ1n) is 3.05. The summed E-state index contributed by atoms with van der Waals surface area (Å²) in [6.45, 7) is 3.93. The Hall–Kier alpha value is 0.505. The zero-order valence-electron chi connectivity index (χ0n) is 5.32. The molecule has 0 saturated heterocycles. The summed E-state index contributed by atoms with van der Waals surface area (Å²) in [5, 5.41) is 0.955. The second-order valence-electron chi connectivity index (χ2n) is 1.65. The molecule has 0 aliphatic heterocycles. The lowest BCUT2D eigenvalue weighted by atomic mass is 9.79. The zero-order valence-corrected chi connectivity index (χ0v) is 6.91. The van der Waals surface area contributed by atoms with E-state index in [0.29, 0.717) is 0 Å². The highest BCUT2D eigenvalue weighted by atomic mass is 79.9. The van der Waals surface area contributed by atoms with Crippen LogP contribution in [0.15, 0.2) is 0 Å². The van der Waals surface area contributed by atoms with Crippen LogP contribution in [0.3, 0.4) is 0 Å². The van der Waals surface area contributed by atoms with Gasteiger partial charge < -0.3 is 4.74 Å². The molecule has 8 heavy (non-hydrogen) atoms. The molecule has 0 radical (unpaired) electrons. The van der Waals surface area contributed by atoms with Crippen LogP contribution in [0.4, 0.5) is 0 Å². The summed E-state index contributed by atoms with van der Waals surface area (Å²) in [5.41, 5.74) is 0. The van der Waals surface area contributed by atoms with Gasteiger partial charge in [0.2, 0.25) is 0 Å². The molecule has 0 amide bonds. The van der Waals surface area contributed by atoms with Gasteiger partial charge in [0.15, 0.2) is 0 Å². The molecule has 0 aromatic carbocycles. The van der Waals surface area contributed by atoms with Crippen molar-refractivity contribution in [2.75, 3.05) is 18.5 Å². The monoisotopic (exact) mass is 178 g/mol. The fraction of sp³-hybridized carbons (Fsp3) is 1.00. The Kier molecular flexibility index (Phi) is 7.98. The summed E-state index contributed by atoms with van der Waals surface area (Å²) in [4.78, 5) is 0. The van der Waals surface area contributed by atoms with Gasteiger partial charge in [0.25, 0.3) is 0 Å². The summed E-state index contributed by atoms with van der Waals surface area (Å²) < 4.78 is 5.18. The molecule has 0 rings (SSSR count). The Bertz CT molecular complexity index is 37.4. The van der Waals surface area contributed by atoms with E-state index in [1.165, 1.54) is 13.6 Å². The molecule has 0 heterocycles. The largest absolute Gasteiger partial charge is 0.381 e. The van der Waals surface area contributed by atoms with E-state index in [1.807, 2.05) is 0 Å². The predicted octanol–water partition coefficient (Wildman–Crippen LogP) is 1.30. The topological polar surface area (TPSA) is 9.23 Å². The Morgan fingerprint density at radius 2 is 2.25 bits per heavy atom. The molecule has 1 nitrogen and oxygen atoms in total. The fourth-order valence-electron chi connectivity index (χ4n) is 0.403. The number of ether oxygens (including phenoxy) is 1. The molecule has 0 atom stereocenters. The van der Waals surface area contributed by atoms with Gasteiger partial charge in [-0.2, -0.15) is 0 Å². The van der Waals surface area contributed by atoms with Crippen LogP contribution < -0.4 is 0 Å². The molecule has 0 aromatic rings. The second kappa shape index (κ2) is 7.50. The molecule has 0 aliphatic rings. The highest BCUT2D eigenvalue weighted by Crippen LogP contribution is 1.84. The molecule has 0 N–H and O–H groups in total. The minimum Gasteiger partial charge on any atom is -0.381 e. The van der Waals surface area contributed by atoms with E-state index >= 15 is 0 Å². The quantitative estimate of drug-likeness (QED) is 0.351. The van der Waals surface area contributed by atoms with E-state index in [9.17, 15) is 0 Å². The van der Waals surface area contributed by atoms with E-state index in [0.717, 1.165) is 18.5 Å². The van der Waals surface area contributed by atoms with Gasteiger partial charge in [-0.3, -0.25) is 0 Å². The van der Waals surface area contributed by atoms with Gasteiger partial charge in [0.05, 0.1) is 6.61 Å². The number of rotatable bonds is 5. The normalized spacial score (nSPS) is 9.25. The average molecular weight is 179 g/mol. The third-order valence-electron chi connectivity index (χ3n) is 0.864. The number of hydrogen-bond donors (Lipinski definition) is 0. The van der Waals surface area contributed by atoms with Crippen LogP contribution in [0.2, 0.25) is 13.1 Å². The van der Waals surface area contributed by atoms with Crippen molar-refractivity contribution in [2.24, 2.45) is 0 Å². The molecular weight excluding hydrogens is 167 g/mol. The lowest BCUT2D eigenvalue weighted by Gasteiger charge is -1.96. The van der Waals surface area contributed by atoms with Gasteiger partial charge >= 0.3 is 0 Å². The van der Waals surface area contributed by atoms with Gasteiger partial charge in [0.1, 0.15) is 7.28 Å². The van der Waals surface area contributed by atoms with Crippen LogP contribution in [0.25, 0.3) is 0 Å². The number of hydrogen-bond acceptors (Lipinski definition) is 1. The van der Waals surface area contributed by atoms with E-state index in [-0.39, 0.29) is 0 Å². The van der Waals surface area contributed by atoms with Crippen molar-refractivity contribution in [1.29, 1.82) is 0 Å². The first kappa shape index (κ1) is 8.50. The third kappa shape index (κ3) is 6.50. The van der Waals surface area contributed by atoms with Crippen LogP contribution in [0, 0.1) is 0 Å². The molecule has 0 unspecified atom stereocenters. The Labute approximate surface area is 60.2 Å². The minimum atomic E-state index is 0.847. The zero-order chi connectivity index (χ0) is 6.24. The van der Waals surface area contributed by atoms with Crippen molar-refractivity contribution < 1.29 is 4.74 Å². The van der Waals surface area contributed by atoms with Gasteiger partial charge in [-0.25, -0.2) is 0 Å². The average Bonchev–Trinajstić information content (AvgIpc) is 1.81. The van der Waals surface area contributed by atoms with Crippen molar-refractivity contribution in [3.63, 3.8) is 0 Å². The highest BCUT2D eigenvalue weighted by molar-refractivity contribution is 9.09. The summed E-state index contributed by atoms with van der Waals surface area (Å²) >= 11 is 3.28. The standard InChI is InChI=1S/C5H12BBrO/c1-6-2-4-8-5-3-7/h6H,2-5H2,1H3. The minimum absolute atomic E-state index is 0.847. The molecule has 0 aromatic heterocycles. The molecule has 0 spiro atoms. The van der Waals surface area contributed by atoms with Crippen LogP contribution in [-0.2, 0) is 4.74 Å². The maximum absolute atomic E-state index is 5.18. The second-order valence-corrected chi connectivity index (χ2v) is 2.45. The molecule has 0 aliphatic carbocycles. The molecule has 0 fully saturated rings. The van der Waals surface area contributed by atoms with Crippen LogP contribution in [0.1, 0.15) is 0 Å². The molecule has 3 heteroatoms. The Morgan fingerprint density at radius 3 is 2.75 bits per heavy atom. The molecular formula is C5H12BBrO. The smallest absolute Gasteiger partial charge is 0.120 e. The van der Waals surface area contributed by atoms with Gasteiger partial charge in [0, 0.05) is 11.9 Å². The summed E-state index contributed by atoms with van der Waals surface area (Å²) in [7, 11) is 1.22. The summed E-state index contributed by atoms with van der Waals surface area (Å²) in [6, 6.07) is 0. The van der Waals surface area contributed by atoms with Crippen LogP contribution in [-0.4, -0.2) is 25.8 Å². The first-order chi connectivity index (χ1) is 3.91. The highest BCUT2D eigenvalue weighted by Gasteiger charge is 1.83. The van der Waals surface area contributed by atoms with Crippen molar-refractivity contribution in [2.45, 2.75) is 13.1 Å². The van der Waals surface area contributed by atoms with E-state index in [1.54, 1.807) is 0 Å². The maximum Gasteiger partial charge on any atom is 0.120 e. The van der Waals surface area contributed by atoms with Crippen molar-refractivity contribution in [3.8, 4) is 0 Å². The Morgan fingerprint density at radius 1 is 1.50 bits per heavy atom. The third-order valence-corrected chi connectivity index (χ3v) is 1.19. The number of halogens is 1. The molecule has 0 saturated carbocycles. The van der Waals surface area contributed by atoms with E-state index < -0.39 is 0 Å². The summed E-state index contributed by atoms with van der Waals surface area (Å²) in [6.07, 6.45) is 1.19. The molecule has 48 valence electrons. The Balaban J connectivity index is 2.53. The van der Waals surface area contributed by atoms with Crippen molar-refractivity contribution in [3.05, 3.63) is 0 Å². The van der Waals surface area contributed by atoms with Gasteiger partial charge in [-0.05, 0) is 0 Å². The number of alkyl halides is 1. The van der Waals surface area contributed by atoms with Gasteiger partial charge in [-0.15, -0.1) is 0 Å². The first-order valence-corrected chi connectivity index (χ1v) is 4.17.